The first kappa shape index (κ1) is 13.4. The van der Waals surface area contributed by atoms with Crippen LogP contribution in [0.5, 0.6) is 0 Å². The van der Waals surface area contributed by atoms with Crippen LogP contribution in [0, 0.1) is 0 Å². The molecule has 16 heavy (non-hydrogen) atoms. The molecule has 0 radical (unpaired) electrons. The number of rotatable bonds is 5. The summed E-state index contributed by atoms with van der Waals surface area (Å²) in [6, 6.07) is -0.0921. The van der Waals surface area contributed by atoms with Crippen LogP contribution in [0.4, 0.5) is 0 Å². The molecule has 5 heteroatoms. The van der Waals surface area contributed by atoms with Crippen LogP contribution in [0.25, 0.3) is 0 Å². The Morgan fingerprint density at radius 2 is 2.00 bits per heavy atom. The molecule has 0 aromatic rings. The largest absolute Gasteiger partial charge is 0.395 e. The summed E-state index contributed by atoms with van der Waals surface area (Å²) in [5, 5.41) is 11.3. The lowest BCUT2D eigenvalue weighted by atomic mass is 10.2. The number of aliphatic hydroxyl groups excluding tert-OH is 1. The highest BCUT2D eigenvalue weighted by Crippen LogP contribution is 2.05. The van der Waals surface area contributed by atoms with Crippen LogP contribution in [0.1, 0.15) is 13.8 Å². The lowest BCUT2D eigenvalue weighted by molar-refractivity contribution is -0.126. The van der Waals surface area contributed by atoms with E-state index in [0.29, 0.717) is 6.54 Å². The maximum Gasteiger partial charge on any atom is 0.237 e. The number of aliphatic hydroxyl groups is 1. The highest BCUT2D eigenvalue weighted by Gasteiger charge is 2.24. The Morgan fingerprint density at radius 3 is 2.50 bits per heavy atom. The number of piperazine rings is 1. The Balaban J connectivity index is 2.32. The van der Waals surface area contributed by atoms with Gasteiger partial charge in [-0.1, -0.05) is 6.92 Å². The van der Waals surface area contributed by atoms with Crippen molar-refractivity contribution in [3.8, 4) is 0 Å². The number of nitrogens with one attached hydrogen (secondary N) is 1. The van der Waals surface area contributed by atoms with Gasteiger partial charge in [0, 0.05) is 32.7 Å². The van der Waals surface area contributed by atoms with Crippen molar-refractivity contribution in [2.45, 2.75) is 19.9 Å². The van der Waals surface area contributed by atoms with Gasteiger partial charge in [0.15, 0.2) is 0 Å². The van der Waals surface area contributed by atoms with Crippen LogP contribution in [0.3, 0.4) is 0 Å². The Labute approximate surface area is 97.4 Å². The van der Waals surface area contributed by atoms with E-state index < -0.39 is 0 Å². The van der Waals surface area contributed by atoms with Crippen molar-refractivity contribution in [3.63, 3.8) is 0 Å². The van der Waals surface area contributed by atoms with Gasteiger partial charge in [0.25, 0.3) is 0 Å². The molecule has 0 aromatic heterocycles. The van der Waals surface area contributed by atoms with Gasteiger partial charge in [-0.3, -0.25) is 9.69 Å². The predicted molar refractivity (Wildman–Crippen MR) is 63.2 cm³/mol. The Bertz CT molecular complexity index is 215. The first-order valence-electron chi connectivity index (χ1n) is 6.04. The van der Waals surface area contributed by atoms with E-state index in [1.54, 1.807) is 0 Å². The zero-order valence-corrected chi connectivity index (χ0v) is 10.3. The fourth-order valence-electron chi connectivity index (χ4n) is 1.96. The fourth-order valence-corrected chi connectivity index (χ4v) is 1.96. The molecule has 0 aliphatic carbocycles. The molecule has 1 amide bonds. The molecule has 5 nitrogen and oxygen atoms in total. The van der Waals surface area contributed by atoms with Crippen molar-refractivity contribution in [3.05, 3.63) is 0 Å². The van der Waals surface area contributed by atoms with E-state index in [1.165, 1.54) is 0 Å². The molecule has 0 spiro atoms. The second-order valence-electron chi connectivity index (χ2n) is 4.16. The van der Waals surface area contributed by atoms with Crippen molar-refractivity contribution in [1.82, 2.24) is 15.1 Å². The van der Waals surface area contributed by atoms with Crippen LogP contribution in [-0.4, -0.2) is 72.7 Å². The molecule has 1 atom stereocenters. The van der Waals surface area contributed by atoms with Crippen LogP contribution < -0.4 is 5.32 Å². The molecule has 1 rings (SSSR count). The minimum atomic E-state index is -0.0921. The quantitative estimate of drug-likeness (QED) is 0.643. The zero-order valence-electron chi connectivity index (χ0n) is 10.3. The molecule has 94 valence electrons. The summed E-state index contributed by atoms with van der Waals surface area (Å²) in [6.07, 6.45) is 0. The molecule has 1 aliphatic heterocycles. The number of nitrogens with zero attached hydrogens (tertiary/aromatic N) is 2. The molecule has 0 aromatic carbocycles. The lowest BCUT2D eigenvalue weighted by Crippen LogP contribution is -2.53. The number of likely N-dealkylation sites (N-methyl/N-ethyl adjacent to an activating group) is 1. The fraction of sp³-hybridized carbons (Fsp3) is 0.909. The van der Waals surface area contributed by atoms with E-state index in [0.717, 1.165) is 32.7 Å². The van der Waals surface area contributed by atoms with Crippen molar-refractivity contribution in [1.29, 1.82) is 0 Å². The zero-order chi connectivity index (χ0) is 12.0. The minimum absolute atomic E-state index is 0.00206. The number of carbonyl (C=O) groups is 1. The van der Waals surface area contributed by atoms with Crippen molar-refractivity contribution in [2.24, 2.45) is 0 Å². The lowest BCUT2D eigenvalue weighted by Gasteiger charge is -2.36. The van der Waals surface area contributed by atoms with E-state index >= 15 is 0 Å². The number of hydrogen-bond donors (Lipinski definition) is 2. The summed E-state index contributed by atoms with van der Waals surface area (Å²) in [6.45, 7) is 9.48. The summed E-state index contributed by atoms with van der Waals surface area (Å²) >= 11 is 0. The molecule has 1 saturated heterocycles. The molecule has 0 saturated carbocycles. The third-order valence-electron chi connectivity index (χ3n) is 3.19. The highest BCUT2D eigenvalue weighted by atomic mass is 16.3. The topological polar surface area (TPSA) is 55.8 Å². The third kappa shape index (κ3) is 3.73. The van der Waals surface area contributed by atoms with Crippen LogP contribution in [0.2, 0.25) is 0 Å². The standard InChI is InChI=1S/C11H23N3O2/c1-3-13-5-7-14(8-6-13)10(2)11(16)12-4-9-15/h10,15H,3-9H2,1-2H3,(H,12,16). The average Bonchev–Trinajstić information content (AvgIpc) is 2.35. The number of hydrogen-bond acceptors (Lipinski definition) is 4. The van der Waals surface area contributed by atoms with Crippen LogP contribution in [-0.2, 0) is 4.79 Å². The predicted octanol–water partition coefficient (Wildman–Crippen LogP) is -0.879. The summed E-state index contributed by atoms with van der Waals surface area (Å²) in [5.41, 5.74) is 0. The molecule has 1 aliphatic rings. The monoisotopic (exact) mass is 229 g/mol. The van der Waals surface area contributed by atoms with Crippen LogP contribution >= 0.6 is 0 Å². The first-order chi connectivity index (χ1) is 7.69. The molecule has 2 N–H and O–H groups in total. The van der Waals surface area contributed by atoms with Crippen molar-refractivity contribution >= 4 is 5.91 Å². The van der Waals surface area contributed by atoms with Gasteiger partial charge in [-0.05, 0) is 13.5 Å². The molecular weight excluding hydrogens is 206 g/mol. The smallest absolute Gasteiger partial charge is 0.237 e. The van der Waals surface area contributed by atoms with Crippen molar-refractivity contribution < 1.29 is 9.90 Å². The second-order valence-corrected chi connectivity index (χ2v) is 4.16. The third-order valence-corrected chi connectivity index (χ3v) is 3.19. The maximum atomic E-state index is 11.7. The van der Waals surface area contributed by atoms with Gasteiger partial charge in [-0.25, -0.2) is 0 Å². The molecule has 1 unspecified atom stereocenters. The Hall–Kier alpha value is -0.650. The molecule has 1 fully saturated rings. The second kappa shape index (κ2) is 6.83. The van der Waals surface area contributed by atoms with Gasteiger partial charge >= 0.3 is 0 Å². The van der Waals surface area contributed by atoms with E-state index in [4.69, 9.17) is 5.11 Å². The highest BCUT2D eigenvalue weighted by molar-refractivity contribution is 5.81. The van der Waals surface area contributed by atoms with E-state index in [1.807, 2.05) is 6.92 Å². The molecular formula is C11H23N3O2. The first-order valence-corrected chi connectivity index (χ1v) is 6.04. The molecule has 0 bridgehead atoms. The van der Waals surface area contributed by atoms with Gasteiger partial charge in [-0.15, -0.1) is 0 Å². The summed E-state index contributed by atoms with van der Waals surface area (Å²) in [4.78, 5) is 16.3. The summed E-state index contributed by atoms with van der Waals surface area (Å²) < 4.78 is 0. The van der Waals surface area contributed by atoms with Gasteiger partial charge in [0.2, 0.25) is 5.91 Å². The summed E-state index contributed by atoms with van der Waals surface area (Å²) in [7, 11) is 0. The SMILES string of the molecule is CCN1CCN(C(C)C(=O)NCCO)CC1. The van der Waals surface area contributed by atoms with E-state index in [-0.39, 0.29) is 18.6 Å². The minimum Gasteiger partial charge on any atom is -0.395 e. The van der Waals surface area contributed by atoms with Gasteiger partial charge in [-0.2, -0.15) is 0 Å². The maximum absolute atomic E-state index is 11.7. The van der Waals surface area contributed by atoms with Crippen molar-refractivity contribution in [2.75, 3.05) is 45.9 Å². The summed E-state index contributed by atoms with van der Waals surface area (Å²) in [5.74, 6) is 0.0130. The number of amides is 1. The van der Waals surface area contributed by atoms with E-state index in [9.17, 15) is 4.79 Å². The van der Waals surface area contributed by atoms with Crippen LogP contribution in [0.15, 0.2) is 0 Å². The normalized spacial score (nSPS) is 20.7. The van der Waals surface area contributed by atoms with Gasteiger partial charge < -0.3 is 15.3 Å². The number of carbonyl (C=O) groups excluding carboxylic acids is 1. The molecule has 1 heterocycles. The van der Waals surface area contributed by atoms with E-state index in [2.05, 4.69) is 22.0 Å². The Morgan fingerprint density at radius 1 is 1.38 bits per heavy atom. The Kier molecular flexibility index (Phi) is 5.73. The average molecular weight is 229 g/mol. The van der Waals surface area contributed by atoms with Gasteiger partial charge in [0.05, 0.1) is 12.6 Å². The van der Waals surface area contributed by atoms with Gasteiger partial charge in [0.1, 0.15) is 0 Å².